The van der Waals surface area contributed by atoms with E-state index >= 15 is 0 Å². The number of thiophene rings is 1. The van der Waals surface area contributed by atoms with Crippen molar-refractivity contribution in [3.05, 3.63) is 22.4 Å². The van der Waals surface area contributed by atoms with E-state index in [9.17, 15) is 13.5 Å². The van der Waals surface area contributed by atoms with Crippen LogP contribution in [0.1, 0.15) is 18.1 Å². The third-order valence-corrected chi connectivity index (χ3v) is 3.14. The average Bonchev–Trinajstić information content (AvgIpc) is 2.53. The van der Waals surface area contributed by atoms with E-state index in [1.807, 2.05) is 16.8 Å². The predicted octanol–water partition coefficient (Wildman–Crippen LogP) is 0.721. The number of nitrogens with one attached hydrogen (secondary N) is 1. The van der Waals surface area contributed by atoms with Crippen LogP contribution in [0.25, 0.3) is 0 Å². The van der Waals surface area contributed by atoms with Gasteiger partial charge in [0.1, 0.15) is 0 Å². The van der Waals surface area contributed by atoms with Gasteiger partial charge in [-0.1, -0.05) is 0 Å². The Hall–Kier alpha value is -0.430. The number of hydrogen-bond donors (Lipinski definition) is 2. The Morgan fingerprint density at radius 1 is 1.64 bits per heavy atom. The van der Waals surface area contributed by atoms with E-state index in [0.717, 1.165) is 11.8 Å². The molecule has 0 aliphatic carbocycles. The normalized spacial score (nSPS) is 14.1. The predicted molar refractivity (Wildman–Crippen MR) is 56.7 cm³/mol. The van der Waals surface area contributed by atoms with Crippen LogP contribution in [-0.4, -0.2) is 26.3 Å². The maximum Gasteiger partial charge on any atom is 0.208 e. The summed E-state index contributed by atoms with van der Waals surface area (Å²) in [5.74, 6) is 0. The molecule has 0 radical (unpaired) electrons. The van der Waals surface area contributed by atoms with E-state index in [0.29, 0.717) is 6.42 Å². The first-order valence-electron chi connectivity index (χ1n) is 4.14. The van der Waals surface area contributed by atoms with Crippen molar-refractivity contribution in [3.63, 3.8) is 0 Å². The molecular formula is C8H13NO3S2. The zero-order valence-corrected chi connectivity index (χ0v) is 9.44. The van der Waals surface area contributed by atoms with Crippen LogP contribution in [0.5, 0.6) is 0 Å². The van der Waals surface area contributed by atoms with Crippen molar-refractivity contribution >= 4 is 21.4 Å². The molecule has 0 saturated carbocycles. The van der Waals surface area contributed by atoms with E-state index in [1.54, 1.807) is 0 Å². The average molecular weight is 235 g/mol. The molecule has 0 bridgehead atoms. The molecule has 0 aliphatic rings. The minimum Gasteiger partial charge on any atom is -0.388 e. The fraction of sp³-hybridized carbons (Fsp3) is 0.500. The van der Waals surface area contributed by atoms with E-state index in [2.05, 4.69) is 4.72 Å². The molecule has 0 aromatic carbocycles. The SMILES string of the molecule is CS(=O)(=O)NCCC(O)c1ccsc1. The number of rotatable bonds is 5. The molecule has 1 unspecified atom stereocenters. The Balaban J connectivity index is 2.33. The first-order valence-corrected chi connectivity index (χ1v) is 6.97. The number of aliphatic hydroxyl groups excluding tert-OH is 1. The molecule has 14 heavy (non-hydrogen) atoms. The monoisotopic (exact) mass is 235 g/mol. The van der Waals surface area contributed by atoms with Crippen LogP contribution in [0.4, 0.5) is 0 Å². The molecule has 0 saturated heterocycles. The highest BCUT2D eigenvalue weighted by atomic mass is 32.2. The van der Waals surface area contributed by atoms with Gasteiger partial charge in [-0.25, -0.2) is 13.1 Å². The standard InChI is InChI=1S/C8H13NO3S2/c1-14(11,12)9-4-2-8(10)7-3-5-13-6-7/h3,5-6,8-10H,2,4H2,1H3. The quantitative estimate of drug-likeness (QED) is 0.790. The Kier molecular flexibility index (Phi) is 4.06. The van der Waals surface area contributed by atoms with Gasteiger partial charge in [-0.3, -0.25) is 0 Å². The third kappa shape index (κ3) is 4.19. The highest BCUT2D eigenvalue weighted by molar-refractivity contribution is 7.88. The lowest BCUT2D eigenvalue weighted by Crippen LogP contribution is -2.24. The van der Waals surface area contributed by atoms with Crippen LogP contribution in [0.3, 0.4) is 0 Å². The summed E-state index contributed by atoms with van der Waals surface area (Å²) in [6.07, 6.45) is 0.906. The number of hydrogen-bond acceptors (Lipinski definition) is 4. The van der Waals surface area contributed by atoms with E-state index in [-0.39, 0.29) is 6.54 Å². The molecule has 1 aromatic heterocycles. The van der Waals surface area contributed by atoms with Crippen molar-refractivity contribution in [2.75, 3.05) is 12.8 Å². The van der Waals surface area contributed by atoms with Gasteiger partial charge in [-0.2, -0.15) is 11.3 Å². The zero-order chi connectivity index (χ0) is 10.6. The summed E-state index contributed by atoms with van der Waals surface area (Å²) in [7, 11) is -3.15. The topological polar surface area (TPSA) is 66.4 Å². The molecule has 0 aliphatic heterocycles. The summed E-state index contributed by atoms with van der Waals surface area (Å²) >= 11 is 1.51. The summed E-state index contributed by atoms with van der Waals surface area (Å²) in [5, 5.41) is 13.3. The smallest absolute Gasteiger partial charge is 0.208 e. The lowest BCUT2D eigenvalue weighted by atomic mass is 10.1. The van der Waals surface area contributed by atoms with E-state index < -0.39 is 16.1 Å². The van der Waals surface area contributed by atoms with Gasteiger partial charge in [0.05, 0.1) is 12.4 Å². The molecule has 4 nitrogen and oxygen atoms in total. The maximum atomic E-state index is 10.7. The lowest BCUT2D eigenvalue weighted by molar-refractivity contribution is 0.169. The highest BCUT2D eigenvalue weighted by Gasteiger charge is 2.08. The third-order valence-electron chi connectivity index (χ3n) is 1.71. The van der Waals surface area contributed by atoms with Crippen molar-refractivity contribution in [3.8, 4) is 0 Å². The van der Waals surface area contributed by atoms with Crippen molar-refractivity contribution < 1.29 is 13.5 Å². The summed E-state index contributed by atoms with van der Waals surface area (Å²) in [6.45, 7) is 0.260. The first kappa shape index (κ1) is 11.6. The molecule has 80 valence electrons. The molecule has 2 N–H and O–H groups in total. The molecule has 1 atom stereocenters. The summed E-state index contributed by atoms with van der Waals surface area (Å²) in [4.78, 5) is 0. The van der Waals surface area contributed by atoms with Gasteiger partial charge in [-0.15, -0.1) is 0 Å². The molecule has 1 heterocycles. The maximum absolute atomic E-state index is 10.7. The summed E-state index contributed by atoms with van der Waals surface area (Å²) in [6, 6.07) is 1.83. The van der Waals surface area contributed by atoms with Crippen LogP contribution in [-0.2, 0) is 10.0 Å². The minimum atomic E-state index is -3.15. The van der Waals surface area contributed by atoms with Crippen molar-refractivity contribution in [1.82, 2.24) is 4.72 Å². The van der Waals surface area contributed by atoms with Crippen LogP contribution >= 0.6 is 11.3 Å². The van der Waals surface area contributed by atoms with Gasteiger partial charge >= 0.3 is 0 Å². The van der Waals surface area contributed by atoms with Crippen LogP contribution in [0.15, 0.2) is 16.8 Å². The summed E-state index contributed by atoms with van der Waals surface area (Å²) in [5.41, 5.74) is 0.838. The largest absolute Gasteiger partial charge is 0.388 e. The summed E-state index contributed by atoms with van der Waals surface area (Å²) < 4.78 is 23.7. The Morgan fingerprint density at radius 2 is 2.36 bits per heavy atom. The fourth-order valence-electron chi connectivity index (χ4n) is 1.01. The number of aliphatic hydroxyl groups is 1. The van der Waals surface area contributed by atoms with Crippen LogP contribution in [0, 0.1) is 0 Å². The number of sulfonamides is 1. The van der Waals surface area contributed by atoms with Crippen molar-refractivity contribution in [2.45, 2.75) is 12.5 Å². The van der Waals surface area contributed by atoms with E-state index in [1.165, 1.54) is 11.3 Å². The minimum absolute atomic E-state index is 0.260. The van der Waals surface area contributed by atoms with Gasteiger partial charge in [0, 0.05) is 6.54 Å². The van der Waals surface area contributed by atoms with Gasteiger partial charge in [-0.05, 0) is 28.8 Å². The van der Waals surface area contributed by atoms with Crippen LogP contribution < -0.4 is 4.72 Å². The first-order chi connectivity index (χ1) is 6.49. The molecule has 0 spiro atoms. The molecule has 0 amide bonds. The molecule has 6 heteroatoms. The van der Waals surface area contributed by atoms with Gasteiger partial charge < -0.3 is 5.11 Å². The lowest BCUT2D eigenvalue weighted by Gasteiger charge is -2.08. The molecule has 0 fully saturated rings. The fourth-order valence-corrected chi connectivity index (χ4v) is 2.21. The van der Waals surface area contributed by atoms with Gasteiger partial charge in [0.2, 0.25) is 10.0 Å². The van der Waals surface area contributed by atoms with Gasteiger partial charge in [0.15, 0.2) is 0 Å². The Labute approximate surface area is 87.6 Å². The second-order valence-corrected chi connectivity index (χ2v) is 5.64. The molecular weight excluding hydrogens is 222 g/mol. The highest BCUT2D eigenvalue weighted by Crippen LogP contribution is 2.18. The molecule has 1 rings (SSSR count). The van der Waals surface area contributed by atoms with Crippen LogP contribution in [0.2, 0.25) is 0 Å². The second kappa shape index (κ2) is 4.88. The van der Waals surface area contributed by atoms with Gasteiger partial charge in [0.25, 0.3) is 0 Å². The van der Waals surface area contributed by atoms with Crippen molar-refractivity contribution in [1.29, 1.82) is 0 Å². The Bertz CT molecular complexity index is 358. The molecule has 1 aromatic rings. The second-order valence-electron chi connectivity index (χ2n) is 3.03. The van der Waals surface area contributed by atoms with E-state index in [4.69, 9.17) is 0 Å². The van der Waals surface area contributed by atoms with Crippen molar-refractivity contribution in [2.24, 2.45) is 0 Å². The zero-order valence-electron chi connectivity index (χ0n) is 7.80. The Morgan fingerprint density at radius 3 is 2.86 bits per heavy atom.